The SMILES string of the molecule is CCCn1c(SCC(=O)Nc2ccc(C)c(C)c2)nnc1-c1cccnc1. The molecule has 1 aromatic carbocycles. The van der Waals surface area contributed by atoms with E-state index in [4.69, 9.17) is 0 Å². The van der Waals surface area contributed by atoms with Crippen LogP contribution in [0.5, 0.6) is 0 Å². The van der Waals surface area contributed by atoms with E-state index in [9.17, 15) is 4.79 Å². The second-order valence-electron chi connectivity index (χ2n) is 6.34. The molecular weight excluding hydrogens is 358 g/mol. The summed E-state index contributed by atoms with van der Waals surface area (Å²) < 4.78 is 2.05. The van der Waals surface area contributed by atoms with E-state index in [2.05, 4.69) is 34.3 Å². The molecule has 0 bridgehead atoms. The second kappa shape index (κ2) is 8.81. The number of amides is 1. The molecule has 0 aliphatic rings. The zero-order chi connectivity index (χ0) is 19.2. The third kappa shape index (κ3) is 4.74. The van der Waals surface area contributed by atoms with Crippen LogP contribution in [0.15, 0.2) is 47.9 Å². The van der Waals surface area contributed by atoms with Gasteiger partial charge >= 0.3 is 0 Å². The number of hydrogen-bond donors (Lipinski definition) is 1. The number of nitrogens with zero attached hydrogens (tertiary/aromatic N) is 4. The van der Waals surface area contributed by atoms with Gasteiger partial charge in [-0.25, -0.2) is 0 Å². The number of pyridine rings is 1. The maximum absolute atomic E-state index is 12.3. The van der Waals surface area contributed by atoms with Crippen molar-refractivity contribution < 1.29 is 4.79 Å². The van der Waals surface area contributed by atoms with Crippen LogP contribution in [-0.2, 0) is 11.3 Å². The van der Waals surface area contributed by atoms with Crippen molar-refractivity contribution in [3.63, 3.8) is 0 Å². The molecule has 1 amide bonds. The smallest absolute Gasteiger partial charge is 0.234 e. The van der Waals surface area contributed by atoms with E-state index in [1.165, 1.54) is 17.3 Å². The van der Waals surface area contributed by atoms with E-state index in [-0.39, 0.29) is 11.7 Å². The topological polar surface area (TPSA) is 72.7 Å². The Hall–Kier alpha value is -2.67. The van der Waals surface area contributed by atoms with Gasteiger partial charge in [0.1, 0.15) is 0 Å². The minimum absolute atomic E-state index is 0.0581. The minimum Gasteiger partial charge on any atom is -0.325 e. The van der Waals surface area contributed by atoms with E-state index in [1.807, 2.05) is 41.8 Å². The fraction of sp³-hybridized carbons (Fsp3) is 0.300. The maximum Gasteiger partial charge on any atom is 0.234 e. The van der Waals surface area contributed by atoms with Gasteiger partial charge in [0.15, 0.2) is 11.0 Å². The van der Waals surface area contributed by atoms with Crippen molar-refractivity contribution in [1.82, 2.24) is 19.7 Å². The van der Waals surface area contributed by atoms with Crippen LogP contribution in [0.25, 0.3) is 11.4 Å². The molecule has 0 saturated carbocycles. The van der Waals surface area contributed by atoms with Gasteiger partial charge < -0.3 is 9.88 Å². The Morgan fingerprint density at radius 1 is 1.19 bits per heavy atom. The number of aromatic nitrogens is 4. The lowest BCUT2D eigenvalue weighted by atomic mass is 10.1. The van der Waals surface area contributed by atoms with Crippen LogP contribution in [0, 0.1) is 13.8 Å². The first-order valence-electron chi connectivity index (χ1n) is 8.92. The first kappa shape index (κ1) is 19.1. The molecule has 3 rings (SSSR count). The second-order valence-corrected chi connectivity index (χ2v) is 7.28. The number of hydrogen-bond acceptors (Lipinski definition) is 5. The van der Waals surface area contributed by atoms with Crippen molar-refractivity contribution in [2.24, 2.45) is 0 Å². The molecule has 0 unspecified atom stereocenters. The minimum atomic E-state index is -0.0581. The van der Waals surface area contributed by atoms with Gasteiger partial charge in [-0.05, 0) is 55.7 Å². The number of aryl methyl sites for hydroxylation is 2. The number of nitrogens with one attached hydrogen (secondary N) is 1. The van der Waals surface area contributed by atoms with Crippen LogP contribution < -0.4 is 5.32 Å². The van der Waals surface area contributed by atoms with Gasteiger partial charge in [-0.1, -0.05) is 24.8 Å². The summed E-state index contributed by atoms with van der Waals surface area (Å²) in [5, 5.41) is 12.3. The van der Waals surface area contributed by atoms with Gasteiger partial charge in [-0.15, -0.1) is 10.2 Å². The number of anilines is 1. The van der Waals surface area contributed by atoms with E-state index in [0.717, 1.165) is 40.8 Å². The largest absolute Gasteiger partial charge is 0.325 e. The Balaban J connectivity index is 1.69. The fourth-order valence-electron chi connectivity index (χ4n) is 2.68. The molecule has 2 heterocycles. The third-order valence-corrected chi connectivity index (χ3v) is 5.17. The Morgan fingerprint density at radius 2 is 2.04 bits per heavy atom. The number of carbonyl (C=O) groups excluding carboxylic acids is 1. The molecule has 0 saturated heterocycles. The number of carbonyl (C=O) groups is 1. The molecule has 2 aromatic heterocycles. The zero-order valence-corrected chi connectivity index (χ0v) is 16.6. The first-order chi connectivity index (χ1) is 13.1. The van der Waals surface area contributed by atoms with Crippen molar-refractivity contribution in [2.75, 3.05) is 11.1 Å². The third-order valence-electron chi connectivity index (χ3n) is 4.21. The Kier molecular flexibility index (Phi) is 6.24. The van der Waals surface area contributed by atoms with E-state index >= 15 is 0 Å². The first-order valence-corrected chi connectivity index (χ1v) is 9.90. The van der Waals surface area contributed by atoms with Crippen LogP contribution >= 0.6 is 11.8 Å². The summed E-state index contributed by atoms with van der Waals surface area (Å²) in [5.41, 5.74) is 4.10. The summed E-state index contributed by atoms with van der Waals surface area (Å²) in [6, 6.07) is 9.76. The van der Waals surface area contributed by atoms with Crippen molar-refractivity contribution in [3.05, 3.63) is 53.9 Å². The van der Waals surface area contributed by atoms with E-state index in [1.54, 1.807) is 12.4 Å². The molecule has 3 aromatic rings. The normalized spacial score (nSPS) is 10.8. The highest BCUT2D eigenvalue weighted by Crippen LogP contribution is 2.24. The summed E-state index contributed by atoms with van der Waals surface area (Å²) in [4.78, 5) is 16.5. The average Bonchev–Trinajstić information content (AvgIpc) is 3.07. The summed E-state index contributed by atoms with van der Waals surface area (Å²) in [6.07, 6.45) is 4.46. The lowest BCUT2D eigenvalue weighted by Crippen LogP contribution is -2.15. The van der Waals surface area contributed by atoms with Gasteiger partial charge in [0.05, 0.1) is 5.75 Å². The Labute approximate surface area is 163 Å². The highest BCUT2D eigenvalue weighted by atomic mass is 32.2. The Bertz CT molecular complexity index is 923. The predicted octanol–water partition coefficient (Wildman–Crippen LogP) is 4.10. The zero-order valence-electron chi connectivity index (χ0n) is 15.8. The molecule has 140 valence electrons. The lowest BCUT2D eigenvalue weighted by molar-refractivity contribution is -0.113. The van der Waals surface area contributed by atoms with Crippen molar-refractivity contribution in [3.8, 4) is 11.4 Å². The van der Waals surface area contributed by atoms with Crippen molar-refractivity contribution >= 4 is 23.4 Å². The van der Waals surface area contributed by atoms with Crippen LogP contribution in [0.2, 0.25) is 0 Å². The highest BCUT2D eigenvalue weighted by Gasteiger charge is 2.15. The number of rotatable bonds is 7. The van der Waals surface area contributed by atoms with Gasteiger partial charge in [0.2, 0.25) is 5.91 Å². The van der Waals surface area contributed by atoms with Crippen LogP contribution in [-0.4, -0.2) is 31.4 Å². The highest BCUT2D eigenvalue weighted by molar-refractivity contribution is 7.99. The molecule has 7 heteroatoms. The van der Waals surface area contributed by atoms with Crippen LogP contribution in [0.1, 0.15) is 24.5 Å². The van der Waals surface area contributed by atoms with Gasteiger partial charge in [0.25, 0.3) is 0 Å². The summed E-state index contributed by atoms with van der Waals surface area (Å²) in [5.74, 6) is 1.00. The Morgan fingerprint density at radius 3 is 2.74 bits per heavy atom. The summed E-state index contributed by atoms with van der Waals surface area (Å²) in [6.45, 7) is 6.98. The van der Waals surface area contributed by atoms with Crippen LogP contribution in [0.4, 0.5) is 5.69 Å². The maximum atomic E-state index is 12.3. The predicted molar refractivity (Wildman–Crippen MR) is 109 cm³/mol. The number of thioether (sulfide) groups is 1. The van der Waals surface area contributed by atoms with E-state index < -0.39 is 0 Å². The van der Waals surface area contributed by atoms with E-state index in [0.29, 0.717) is 0 Å². The quantitative estimate of drug-likeness (QED) is 0.624. The van der Waals surface area contributed by atoms with Crippen LogP contribution in [0.3, 0.4) is 0 Å². The number of benzene rings is 1. The molecule has 27 heavy (non-hydrogen) atoms. The molecule has 0 atom stereocenters. The molecule has 1 N–H and O–H groups in total. The molecule has 0 spiro atoms. The molecule has 0 aliphatic carbocycles. The molecule has 6 nitrogen and oxygen atoms in total. The van der Waals surface area contributed by atoms with Crippen molar-refractivity contribution in [2.45, 2.75) is 38.9 Å². The fourth-order valence-corrected chi connectivity index (χ4v) is 3.44. The van der Waals surface area contributed by atoms with Gasteiger partial charge in [0, 0.05) is 30.2 Å². The standard InChI is InChI=1S/C20H23N5OS/c1-4-10-25-19(16-6-5-9-21-12-16)23-24-20(25)27-13-18(26)22-17-8-7-14(2)15(3)11-17/h5-9,11-12H,4,10,13H2,1-3H3,(H,22,26). The average molecular weight is 382 g/mol. The molecule has 0 aliphatic heterocycles. The summed E-state index contributed by atoms with van der Waals surface area (Å²) in [7, 11) is 0. The molecule has 0 radical (unpaired) electrons. The monoisotopic (exact) mass is 381 g/mol. The lowest BCUT2D eigenvalue weighted by Gasteiger charge is -2.09. The molecule has 0 fully saturated rings. The van der Waals surface area contributed by atoms with Crippen molar-refractivity contribution in [1.29, 1.82) is 0 Å². The van der Waals surface area contributed by atoms with Gasteiger partial charge in [-0.3, -0.25) is 9.78 Å². The van der Waals surface area contributed by atoms with Gasteiger partial charge in [-0.2, -0.15) is 0 Å². The molecular formula is C20H23N5OS. The summed E-state index contributed by atoms with van der Waals surface area (Å²) >= 11 is 1.39.